The molecule has 122 valence electrons. The van der Waals surface area contributed by atoms with E-state index in [1.807, 2.05) is 0 Å². The van der Waals surface area contributed by atoms with E-state index >= 15 is 0 Å². The van der Waals surface area contributed by atoms with Crippen LogP contribution in [0.4, 0.5) is 13.2 Å². The number of halogens is 3. The summed E-state index contributed by atoms with van der Waals surface area (Å²) < 4.78 is 52.6. The van der Waals surface area contributed by atoms with Gasteiger partial charge in [0.05, 0.1) is 13.5 Å². The number of benzene rings is 1. The van der Waals surface area contributed by atoms with E-state index < -0.39 is 25.0 Å². The van der Waals surface area contributed by atoms with Gasteiger partial charge in [-0.25, -0.2) is 0 Å². The van der Waals surface area contributed by atoms with Gasteiger partial charge in [-0.3, -0.25) is 4.79 Å². The van der Waals surface area contributed by atoms with Gasteiger partial charge < -0.3 is 19.1 Å². The van der Waals surface area contributed by atoms with Crippen molar-refractivity contribution in [2.75, 3.05) is 33.9 Å². The fourth-order valence-corrected chi connectivity index (χ4v) is 2.01. The minimum atomic E-state index is -4.31. The molecule has 0 saturated heterocycles. The molecule has 1 aliphatic heterocycles. The first kappa shape index (κ1) is 16.3. The maximum Gasteiger partial charge on any atom is 0.390 e. The third kappa shape index (κ3) is 3.75. The van der Waals surface area contributed by atoms with E-state index in [1.54, 1.807) is 0 Å². The van der Waals surface area contributed by atoms with E-state index in [1.165, 1.54) is 26.3 Å². The molecule has 0 bridgehead atoms. The third-order valence-electron chi connectivity index (χ3n) is 3.15. The van der Waals surface area contributed by atoms with Crippen molar-refractivity contribution in [3.05, 3.63) is 17.7 Å². The van der Waals surface area contributed by atoms with Crippen LogP contribution in [0, 0.1) is 0 Å². The van der Waals surface area contributed by atoms with Crippen LogP contribution in [0.5, 0.6) is 17.2 Å². The predicted octanol–water partition coefficient (Wildman–Crippen LogP) is 2.49. The Kier molecular flexibility index (Phi) is 4.68. The molecule has 1 aromatic carbocycles. The molecule has 0 aliphatic carbocycles. The van der Waals surface area contributed by atoms with Gasteiger partial charge in [-0.2, -0.15) is 13.2 Å². The maximum absolute atomic E-state index is 12.2. The maximum atomic E-state index is 12.2. The molecule has 22 heavy (non-hydrogen) atoms. The summed E-state index contributed by atoms with van der Waals surface area (Å²) in [6.45, 7) is 0.277. The van der Waals surface area contributed by atoms with Crippen molar-refractivity contribution in [2.45, 2.75) is 12.6 Å². The molecule has 0 N–H and O–H groups in total. The Morgan fingerprint density at radius 2 is 2.00 bits per heavy atom. The Morgan fingerprint density at radius 1 is 1.32 bits per heavy atom. The van der Waals surface area contributed by atoms with Crippen LogP contribution >= 0.6 is 0 Å². The van der Waals surface area contributed by atoms with Crippen LogP contribution in [0.15, 0.2) is 12.1 Å². The lowest BCUT2D eigenvalue weighted by Crippen LogP contribution is -2.30. The Balaban J connectivity index is 2.19. The number of amides is 1. The Hall–Kier alpha value is -2.12. The van der Waals surface area contributed by atoms with E-state index in [9.17, 15) is 18.0 Å². The highest BCUT2D eigenvalue weighted by Gasteiger charge is 2.29. The number of carbonyl (C=O) groups is 1. The van der Waals surface area contributed by atoms with Crippen molar-refractivity contribution in [1.29, 1.82) is 0 Å². The summed E-state index contributed by atoms with van der Waals surface area (Å²) in [5.41, 5.74) is 0.186. The summed E-state index contributed by atoms with van der Waals surface area (Å²) in [5, 5.41) is 0. The van der Waals surface area contributed by atoms with Crippen LogP contribution in [0.3, 0.4) is 0 Å². The van der Waals surface area contributed by atoms with Crippen LogP contribution < -0.4 is 14.2 Å². The van der Waals surface area contributed by atoms with Gasteiger partial charge in [0.1, 0.15) is 13.2 Å². The summed E-state index contributed by atoms with van der Waals surface area (Å²) >= 11 is 0. The summed E-state index contributed by atoms with van der Waals surface area (Å²) in [4.78, 5) is 13.2. The Morgan fingerprint density at radius 3 is 2.64 bits per heavy atom. The second-order valence-corrected chi connectivity index (χ2v) is 4.79. The van der Waals surface area contributed by atoms with Crippen molar-refractivity contribution in [3.63, 3.8) is 0 Å². The van der Waals surface area contributed by atoms with E-state index in [2.05, 4.69) is 0 Å². The molecule has 1 amide bonds. The zero-order valence-electron chi connectivity index (χ0n) is 12.2. The number of nitrogens with zero attached hydrogens (tertiary/aromatic N) is 1. The largest absolute Gasteiger partial charge is 0.493 e. The first-order valence-electron chi connectivity index (χ1n) is 6.61. The molecule has 0 radical (unpaired) electrons. The van der Waals surface area contributed by atoms with Crippen LogP contribution in [-0.2, 0) is 0 Å². The summed E-state index contributed by atoms with van der Waals surface area (Å²) in [6, 6.07) is 2.88. The van der Waals surface area contributed by atoms with Gasteiger partial charge in [0.25, 0.3) is 5.91 Å². The minimum Gasteiger partial charge on any atom is -0.493 e. The van der Waals surface area contributed by atoms with Gasteiger partial charge in [-0.05, 0) is 12.1 Å². The van der Waals surface area contributed by atoms with Crippen LogP contribution in [0.1, 0.15) is 16.8 Å². The molecular weight excluding hydrogens is 303 g/mol. The van der Waals surface area contributed by atoms with E-state index in [0.29, 0.717) is 30.5 Å². The monoisotopic (exact) mass is 319 g/mol. The fourth-order valence-electron chi connectivity index (χ4n) is 2.01. The predicted molar refractivity (Wildman–Crippen MR) is 71.6 cm³/mol. The second-order valence-electron chi connectivity index (χ2n) is 4.79. The highest BCUT2D eigenvalue weighted by Crippen LogP contribution is 2.40. The SMILES string of the molecule is COc1cc(C(=O)N(C)CCC(F)(F)F)cc2c1OCCO2. The lowest BCUT2D eigenvalue weighted by atomic mass is 10.1. The van der Waals surface area contributed by atoms with E-state index in [0.717, 1.165) is 4.90 Å². The molecule has 5 nitrogen and oxygen atoms in total. The van der Waals surface area contributed by atoms with Crippen LogP contribution in [0.25, 0.3) is 0 Å². The normalized spacial score (nSPS) is 13.7. The topological polar surface area (TPSA) is 48.0 Å². The van der Waals surface area contributed by atoms with Gasteiger partial charge >= 0.3 is 6.18 Å². The van der Waals surface area contributed by atoms with E-state index in [-0.39, 0.29) is 5.56 Å². The number of rotatable bonds is 4. The molecule has 0 atom stereocenters. The van der Waals surface area contributed by atoms with Crippen molar-refractivity contribution >= 4 is 5.91 Å². The molecule has 1 aromatic rings. The average molecular weight is 319 g/mol. The van der Waals surface area contributed by atoms with Crippen molar-refractivity contribution < 1.29 is 32.2 Å². The number of alkyl halides is 3. The molecule has 8 heteroatoms. The van der Waals surface area contributed by atoms with Gasteiger partial charge in [0, 0.05) is 19.2 Å². The average Bonchev–Trinajstić information content (AvgIpc) is 2.49. The number of hydrogen-bond acceptors (Lipinski definition) is 4. The minimum absolute atomic E-state index is 0.186. The highest BCUT2D eigenvalue weighted by atomic mass is 19.4. The van der Waals surface area contributed by atoms with Crippen molar-refractivity contribution in [3.8, 4) is 17.2 Å². The molecule has 0 aromatic heterocycles. The summed E-state index contributed by atoms with van der Waals surface area (Å²) in [7, 11) is 2.73. The molecule has 0 unspecified atom stereocenters. The van der Waals surface area contributed by atoms with Crippen molar-refractivity contribution in [2.24, 2.45) is 0 Å². The van der Waals surface area contributed by atoms with Gasteiger partial charge in [-0.1, -0.05) is 0 Å². The lowest BCUT2D eigenvalue weighted by Gasteiger charge is -2.23. The summed E-state index contributed by atoms with van der Waals surface area (Å²) in [6.07, 6.45) is -5.37. The molecule has 0 saturated carbocycles. The van der Waals surface area contributed by atoms with E-state index in [4.69, 9.17) is 14.2 Å². The number of hydrogen-bond donors (Lipinski definition) is 0. The number of carbonyl (C=O) groups excluding carboxylic acids is 1. The highest BCUT2D eigenvalue weighted by molar-refractivity contribution is 5.95. The molecule has 1 heterocycles. The molecular formula is C14H16F3NO4. The fraction of sp³-hybridized carbons (Fsp3) is 0.500. The Labute approximate surface area is 125 Å². The Bertz CT molecular complexity index is 543. The molecule has 1 aliphatic rings. The summed E-state index contributed by atoms with van der Waals surface area (Å²) in [5.74, 6) is 0.505. The number of methoxy groups -OCH3 is 1. The molecule has 2 rings (SSSR count). The number of ether oxygens (including phenoxy) is 3. The standard InChI is InChI=1S/C14H16F3NO4/c1-18(4-3-14(15,16)17)13(19)9-7-10(20-2)12-11(8-9)21-5-6-22-12/h7-8H,3-6H2,1-2H3. The first-order valence-corrected chi connectivity index (χ1v) is 6.61. The van der Waals surface area contributed by atoms with Crippen LogP contribution in [-0.4, -0.2) is 50.9 Å². The number of fused-ring (bicyclic) bond motifs is 1. The third-order valence-corrected chi connectivity index (χ3v) is 3.15. The van der Waals surface area contributed by atoms with Crippen LogP contribution in [0.2, 0.25) is 0 Å². The van der Waals surface area contributed by atoms with Gasteiger partial charge in [-0.15, -0.1) is 0 Å². The quantitative estimate of drug-likeness (QED) is 0.855. The van der Waals surface area contributed by atoms with Gasteiger partial charge in [0.2, 0.25) is 5.75 Å². The molecule has 0 fully saturated rings. The first-order chi connectivity index (χ1) is 10.3. The smallest absolute Gasteiger partial charge is 0.390 e. The molecule has 0 spiro atoms. The van der Waals surface area contributed by atoms with Gasteiger partial charge in [0.15, 0.2) is 11.5 Å². The zero-order chi connectivity index (χ0) is 16.3. The zero-order valence-corrected chi connectivity index (χ0v) is 12.2. The lowest BCUT2D eigenvalue weighted by molar-refractivity contribution is -0.136. The van der Waals surface area contributed by atoms with Crippen molar-refractivity contribution in [1.82, 2.24) is 4.90 Å². The second kappa shape index (κ2) is 6.33.